The minimum Gasteiger partial charge on any atom is -0.497 e. The molecule has 128 valence electrons. The Balaban J connectivity index is 1.98. The number of sulfone groups is 1. The Morgan fingerprint density at radius 1 is 1.12 bits per heavy atom. The molecule has 0 amide bonds. The molecule has 24 heavy (non-hydrogen) atoms. The van der Waals surface area contributed by atoms with Crippen LogP contribution in [0.25, 0.3) is 0 Å². The molecular formula is C18H21NO4S. The number of nitrogens with two attached hydrogens (primary N) is 1. The maximum atomic E-state index is 13.0. The lowest BCUT2D eigenvalue weighted by atomic mass is 10.1. The first-order valence-electron chi connectivity index (χ1n) is 7.69. The van der Waals surface area contributed by atoms with E-state index in [1.165, 1.54) is 0 Å². The zero-order valence-corrected chi connectivity index (χ0v) is 14.5. The molecule has 5 nitrogen and oxygen atoms in total. The largest absolute Gasteiger partial charge is 0.497 e. The zero-order valence-electron chi connectivity index (χ0n) is 13.6. The second-order valence-corrected chi connectivity index (χ2v) is 8.37. The van der Waals surface area contributed by atoms with Gasteiger partial charge in [-0.15, -0.1) is 0 Å². The molecular weight excluding hydrogens is 326 g/mol. The first-order chi connectivity index (χ1) is 11.3. The van der Waals surface area contributed by atoms with E-state index in [0.717, 1.165) is 11.1 Å². The van der Waals surface area contributed by atoms with E-state index in [0.29, 0.717) is 5.75 Å². The van der Waals surface area contributed by atoms with Gasteiger partial charge < -0.3 is 15.6 Å². The Morgan fingerprint density at radius 2 is 1.71 bits per heavy atom. The Hall–Kier alpha value is -1.89. The molecule has 1 aliphatic carbocycles. The monoisotopic (exact) mass is 347 g/mol. The van der Waals surface area contributed by atoms with E-state index in [9.17, 15) is 13.5 Å². The molecule has 3 atom stereocenters. The van der Waals surface area contributed by atoms with Crippen molar-refractivity contribution in [1.82, 2.24) is 0 Å². The van der Waals surface area contributed by atoms with E-state index in [1.807, 2.05) is 6.92 Å². The van der Waals surface area contributed by atoms with Crippen LogP contribution in [0.2, 0.25) is 0 Å². The van der Waals surface area contributed by atoms with Gasteiger partial charge in [-0.25, -0.2) is 8.42 Å². The Morgan fingerprint density at radius 3 is 2.21 bits per heavy atom. The van der Waals surface area contributed by atoms with Gasteiger partial charge in [-0.3, -0.25) is 0 Å². The molecule has 0 aromatic heterocycles. The predicted octanol–water partition coefficient (Wildman–Crippen LogP) is 1.63. The van der Waals surface area contributed by atoms with Crippen molar-refractivity contribution >= 4 is 9.84 Å². The summed E-state index contributed by atoms with van der Waals surface area (Å²) >= 11 is 0. The van der Waals surface area contributed by atoms with E-state index in [2.05, 4.69) is 0 Å². The highest BCUT2D eigenvalue weighted by atomic mass is 32.2. The quantitative estimate of drug-likeness (QED) is 0.858. The van der Waals surface area contributed by atoms with Crippen LogP contribution in [-0.4, -0.2) is 38.0 Å². The van der Waals surface area contributed by atoms with Crippen LogP contribution in [0, 0.1) is 6.92 Å². The third-order valence-electron chi connectivity index (χ3n) is 4.73. The number of rotatable bonds is 5. The molecule has 0 unspecified atom stereocenters. The number of ether oxygens (including phenoxy) is 1. The minimum absolute atomic E-state index is 0.234. The summed E-state index contributed by atoms with van der Waals surface area (Å²) in [5.41, 5.74) is 6.83. The number of aliphatic hydroxyl groups is 1. The summed E-state index contributed by atoms with van der Waals surface area (Å²) in [4.78, 5) is 0.234. The predicted molar refractivity (Wildman–Crippen MR) is 91.9 cm³/mol. The SMILES string of the molecule is COc1ccc([C@@H]2[C@H](S(=O)(=O)c3ccc(C)cc3)[C@@]2(N)CO)cc1. The Kier molecular flexibility index (Phi) is 4.15. The van der Waals surface area contributed by atoms with Gasteiger partial charge in [-0.2, -0.15) is 0 Å². The van der Waals surface area contributed by atoms with Gasteiger partial charge in [0.25, 0.3) is 0 Å². The second-order valence-electron chi connectivity index (χ2n) is 6.30. The lowest BCUT2D eigenvalue weighted by Crippen LogP contribution is -2.35. The lowest BCUT2D eigenvalue weighted by molar-refractivity contribution is 0.253. The maximum absolute atomic E-state index is 13.0. The summed E-state index contributed by atoms with van der Waals surface area (Å²) in [6.07, 6.45) is 0. The summed E-state index contributed by atoms with van der Waals surface area (Å²) in [5, 5.41) is 8.87. The normalized spacial score (nSPS) is 26.2. The van der Waals surface area contributed by atoms with Crippen LogP contribution in [0.3, 0.4) is 0 Å². The van der Waals surface area contributed by atoms with Crippen molar-refractivity contribution in [2.45, 2.75) is 28.5 Å². The van der Waals surface area contributed by atoms with Crippen molar-refractivity contribution in [2.24, 2.45) is 5.73 Å². The highest BCUT2D eigenvalue weighted by Crippen LogP contribution is 2.55. The number of aliphatic hydroxyl groups excluding tert-OH is 1. The van der Waals surface area contributed by atoms with Gasteiger partial charge >= 0.3 is 0 Å². The molecule has 3 N–H and O–H groups in total. The van der Waals surface area contributed by atoms with Crippen LogP contribution in [-0.2, 0) is 9.84 Å². The molecule has 3 rings (SSSR count). The summed E-state index contributed by atoms with van der Waals surface area (Å²) in [7, 11) is -2.06. The van der Waals surface area contributed by atoms with Crippen molar-refractivity contribution in [1.29, 1.82) is 0 Å². The van der Waals surface area contributed by atoms with Gasteiger partial charge in [0.1, 0.15) is 5.75 Å². The summed E-state index contributed by atoms with van der Waals surface area (Å²) in [6.45, 7) is 1.51. The summed E-state index contributed by atoms with van der Waals surface area (Å²) in [6, 6.07) is 13.8. The number of benzene rings is 2. The maximum Gasteiger partial charge on any atom is 0.183 e. The summed E-state index contributed by atoms with van der Waals surface area (Å²) in [5.74, 6) is 0.240. The van der Waals surface area contributed by atoms with E-state index >= 15 is 0 Å². The smallest absolute Gasteiger partial charge is 0.183 e. The van der Waals surface area contributed by atoms with Gasteiger partial charge in [0.05, 0.1) is 29.4 Å². The van der Waals surface area contributed by atoms with Crippen molar-refractivity contribution in [3.05, 3.63) is 59.7 Å². The molecule has 0 spiro atoms. The average molecular weight is 347 g/mol. The number of methoxy groups -OCH3 is 1. The molecule has 6 heteroatoms. The molecule has 0 saturated heterocycles. The van der Waals surface area contributed by atoms with Crippen LogP contribution >= 0.6 is 0 Å². The zero-order chi connectivity index (χ0) is 17.5. The second kappa shape index (κ2) is 5.88. The molecule has 0 heterocycles. The molecule has 2 aromatic carbocycles. The van der Waals surface area contributed by atoms with Crippen LogP contribution in [0.4, 0.5) is 0 Å². The van der Waals surface area contributed by atoms with Crippen molar-refractivity contribution in [2.75, 3.05) is 13.7 Å². The van der Waals surface area contributed by atoms with Gasteiger partial charge in [0, 0.05) is 5.92 Å². The first-order valence-corrected chi connectivity index (χ1v) is 9.23. The third kappa shape index (κ3) is 2.60. The fourth-order valence-electron chi connectivity index (χ4n) is 3.25. The highest BCUT2D eigenvalue weighted by Gasteiger charge is 2.69. The molecule has 0 radical (unpaired) electrons. The van der Waals surface area contributed by atoms with Crippen molar-refractivity contribution in [3.63, 3.8) is 0 Å². The van der Waals surface area contributed by atoms with Crippen molar-refractivity contribution < 1.29 is 18.3 Å². The van der Waals surface area contributed by atoms with E-state index in [4.69, 9.17) is 10.5 Å². The standard InChI is InChI=1S/C18H21NO4S/c1-12-3-9-15(10-4-12)24(21,22)17-16(18(17,19)11-20)13-5-7-14(23-2)8-6-13/h3-10,16-17,20H,11,19H2,1-2H3/t16-,17+,18-/m1/s1. The highest BCUT2D eigenvalue weighted by molar-refractivity contribution is 7.92. The Labute approximate surface area is 142 Å². The number of hydrogen-bond donors (Lipinski definition) is 2. The van der Waals surface area contributed by atoms with E-state index in [1.54, 1.807) is 55.6 Å². The van der Waals surface area contributed by atoms with Crippen LogP contribution < -0.4 is 10.5 Å². The fourth-order valence-corrected chi connectivity index (χ4v) is 5.55. The van der Waals surface area contributed by atoms with Crippen LogP contribution in [0.1, 0.15) is 17.0 Å². The van der Waals surface area contributed by atoms with E-state index in [-0.39, 0.29) is 11.5 Å². The molecule has 1 aliphatic rings. The molecule has 1 saturated carbocycles. The van der Waals surface area contributed by atoms with Gasteiger partial charge in [-0.05, 0) is 36.8 Å². The Bertz CT molecular complexity index is 830. The van der Waals surface area contributed by atoms with Gasteiger partial charge in [0.2, 0.25) is 0 Å². The van der Waals surface area contributed by atoms with E-state index < -0.39 is 26.5 Å². The van der Waals surface area contributed by atoms with Gasteiger partial charge in [0.15, 0.2) is 9.84 Å². The molecule has 2 aromatic rings. The third-order valence-corrected chi connectivity index (χ3v) is 7.04. The fraction of sp³-hybridized carbons (Fsp3) is 0.333. The minimum atomic E-state index is -3.63. The molecule has 0 aliphatic heterocycles. The van der Waals surface area contributed by atoms with Crippen LogP contribution in [0.5, 0.6) is 5.75 Å². The molecule has 0 bridgehead atoms. The number of hydrogen-bond acceptors (Lipinski definition) is 5. The van der Waals surface area contributed by atoms with Crippen molar-refractivity contribution in [3.8, 4) is 5.75 Å². The average Bonchev–Trinajstić information content (AvgIpc) is 3.23. The summed E-state index contributed by atoms with van der Waals surface area (Å²) < 4.78 is 31.1. The first kappa shape index (κ1) is 17.0. The van der Waals surface area contributed by atoms with Crippen LogP contribution in [0.15, 0.2) is 53.4 Å². The van der Waals surface area contributed by atoms with Gasteiger partial charge in [-0.1, -0.05) is 29.8 Å². The lowest BCUT2D eigenvalue weighted by Gasteiger charge is -2.08. The topological polar surface area (TPSA) is 89.6 Å². The number of aryl methyl sites for hydroxylation is 1. The molecule has 1 fully saturated rings.